The monoisotopic (exact) mass is 358 g/mol. The average molecular weight is 359 g/mol. The highest BCUT2D eigenvalue weighted by Gasteiger charge is 2.34. The molecule has 0 spiro atoms. The summed E-state index contributed by atoms with van der Waals surface area (Å²) in [5, 5.41) is 6.87. The van der Waals surface area contributed by atoms with E-state index in [0.29, 0.717) is 12.3 Å². The van der Waals surface area contributed by atoms with Gasteiger partial charge in [-0.05, 0) is 25.0 Å². The molecule has 6 nitrogen and oxygen atoms in total. The fraction of sp³-hybridized carbons (Fsp3) is 0.400. The van der Waals surface area contributed by atoms with Gasteiger partial charge >= 0.3 is 0 Å². The van der Waals surface area contributed by atoms with E-state index in [0.717, 1.165) is 31.2 Å². The Morgan fingerprint density at radius 3 is 2.70 bits per heavy atom. The van der Waals surface area contributed by atoms with E-state index in [1.807, 2.05) is 6.07 Å². The van der Waals surface area contributed by atoms with E-state index in [4.69, 9.17) is 10.3 Å². The van der Waals surface area contributed by atoms with Crippen LogP contribution in [-0.2, 0) is 0 Å². The molecule has 3 rings (SSSR count). The SMILES string of the molecule is Cl.Cl.NCC1(NC(=O)c2cc(-c3cccnc3)on2)CCCC1. The summed E-state index contributed by atoms with van der Waals surface area (Å²) >= 11 is 0. The first-order valence-electron chi connectivity index (χ1n) is 7.12. The first kappa shape index (κ1) is 19.4. The van der Waals surface area contributed by atoms with Crippen LogP contribution in [0.15, 0.2) is 35.1 Å². The van der Waals surface area contributed by atoms with Gasteiger partial charge in [0.15, 0.2) is 11.5 Å². The van der Waals surface area contributed by atoms with Gasteiger partial charge in [0, 0.05) is 30.6 Å². The molecule has 0 saturated heterocycles. The van der Waals surface area contributed by atoms with Gasteiger partial charge < -0.3 is 15.6 Å². The number of nitrogens with two attached hydrogens (primary N) is 1. The lowest BCUT2D eigenvalue weighted by atomic mass is 9.97. The Morgan fingerprint density at radius 1 is 1.35 bits per heavy atom. The smallest absolute Gasteiger partial charge is 0.273 e. The molecule has 126 valence electrons. The molecule has 3 N–H and O–H groups in total. The summed E-state index contributed by atoms with van der Waals surface area (Å²) in [7, 11) is 0. The molecular weight excluding hydrogens is 339 g/mol. The number of halogens is 2. The Bertz CT molecular complexity index is 627. The number of nitrogens with one attached hydrogen (secondary N) is 1. The van der Waals surface area contributed by atoms with Gasteiger partial charge in [-0.25, -0.2) is 0 Å². The predicted octanol–water partition coefficient (Wildman–Crippen LogP) is 2.58. The van der Waals surface area contributed by atoms with Crippen molar-refractivity contribution in [3.05, 3.63) is 36.3 Å². The molecule has 23 heavy (non-hydrogen) atoms. The molecule has 2 heterocycles. The van der Waals surface area contributed by atoms with Gasteiger partial charge in [-0.2, -0.15) is 0 Å². The van der Waals surface area contributed by atoms with E-state index < -0.39 is 0 Å². The van der Waals surface area contributed by atoms with Crippen molar-refractivity contribution in [2.24, 2.45) is 5.73 Å². The molecule has 0 aromatic carbocycles. The average Bonchev–Trinajstić information content (AvgIpc) is 3.18. The number of carbonyl (C=O) groups is 1. The minimum atomic E-state index is -0.287. The third kappa shape index (κ3) is 4.22. The molecule has 1 aliphatic rings. The lowest BCUT2D eigenvalue weighted by Crippen LogP contribution is -2.51. The number of nitrogens with zero attached hydrogens (tertiary/aromatic N) is 2. The zero-order valence-electron chi connectivity index (χ0n) is 12.5. The quantitative estimate of drug-likeness (QED) is 0.875. The summed E-state index contributed by atoms with van der Waals surface area (Å²) in [6.45, 7) is 0.450. The fourth-order valence-electron chi connectivity index (χ4n) is 2.76. The highest BCUT2D eigenvalue weighted by molar-refractivity contribution is 5.93. The zero-order chi connectivity index (χ0) is 14.7. The summed E-state index contributed by atoms with van der Waals surface area (Å²) in [6.07, 6.45) is 7.37. The van der Waals surface area contributed by atoms with Crippen LogP contribution in [0.25, 0.3) is 11.3 Å². The minimum absolute atomic E-state index is 0. The van der Waals surface area contributed by atoms with Gasteiger partial charge in [0.25, 0.3) is 5.91 Å². The van der Waals surface area contributed by atoms with Crippen molar-refractivity contribution in [2.45, 2.75) is 31.2 Å². The summed E-state index contributed by atoms with van der Waals surface area (Å²) in [6, 6.07) is 5.29. The Hall–Kier alpha value is -1.63. The van der Waals surface area contributed by atoms with Crippen molar-refractivity contribution in [3.63, 3.8) is 0 Å². The molecule has 1 fully saturated rings. The Labute approximate surface area is 147 Å². The van der Waals surface area contributed by atoms with E-state index in [2.05, 4.69) is 15.5 Å². The Morgan fingerprint density at radius 2 is 2.09 bits per heavy atom. The van der Waals surface area contributed by atoms with Crippen LogP contribution in [-0.4, -0.2) is 28.1 Å². The summed E-state index contributed by atoms with van der Waals surface area (Å²) in [5.41, 5.74) is 6.60. The summed E-state index contributed by atoms with van der Waals surface area (Å²) in [4.78, 5) is 16.3. The molecular formula is C15H20Cl2N4O2. The first-order valence-corrected chi connectivity index (χ1v) is 7.12. The van der Waals surface area contributed by atoms with Crippen molar-refractivity contribution in [3.8, 4) is 11.3 Å². The molecule has 0 radical (unpaired) electrons. The molecule has 2 aromatic heterocycles. The lowest BCUT2D eigenvalue weighted by molar-refractivity contribution is 0.0894. The van der Waals surface area contributed by atoms with Gasteiger partial charge in [0.2, 0.25) is 0 Å². The second-order valence-electron chi connectivity index (χ2n) is 5.46. The number of hydrogen-bond donors (Lipinski definition) is 2. The molecule has 0 bridgehead atoms. The molecule has 2 aromatic rings. The van der Waals surface area contributed by atoms with E-state index in [9.17, 15) is 4.79 Å². The Balaban J connectivity index is 0.00000132. The van der Waals surface area contributed by atoms with Gasteiger partial charge in [0.05, 0.1) is 5.54 Å². The zero-order valence-corrected chi connectivity index (χ0v) is 14.2. The third-order valence-electron chi connectivity index (χ3n) is 4.02. The van der Waals surface area contributed by atoms with Crippen LogP contribution in [0.3, 0.4) is 0 Å². The maximum Gasteiger partial charge on any atom is 0.273 e. The Kier molecular flexibility index (Phi) is 7.00. The fourth-order valence-corrected chi connectivity index (χ4v) is 2.76. The van der Waals surface area contributed by atoms with Crippen LogP contribution < -0.4 is 11.1 Å². The third-order valence-corrected chi connectivity index (χ3v) is 4.02. The van der Waals surface area contributed by atoms with Crippen molar-refractivity contribution in [2.75, 3.05) is 6.54 Å². The minimum Gasteiger partial charge on any atom is -0.355 e. The van der Waals surface area contributed by atoms with Crippen LogP contribution >= 0.6 is 24.8 Å². The highest BCUT2D eigenvalue weighted by atomic mass is 35.5. The number of amides is 1. The van der Waals surface area contributed by atoms with Gasteiger partial charge in [-0.15, -0.1) is 24.8 Å². The molecule has 0 unspecified atom stereocenters. The molecule has 0 atom stereocenters. The van der Waals surface area contributed by atoms with Crippen molar-refractivity contribution >= 4 is 30.7 Å². The van der Waals surface area contributed by atoms with Crippen molar-refractivity contribution in [1.29, 1.82) is 0 Å². The van der Waals surface area contributed by atoms with E-state index in [1.165, 1.54) is 0 Å². The second-order valence-corrected chi connectivity index (χ2v) is 5.46. The van der Waals surface area contributed by atoms with E-state index in [1.54, 1.807) is 24.5 Å². The number of carbonyl (C=O) groups excluding carboxylic acids is 1. The number of pyridine rings is 1. The summed E-state index contributed by atoms with van der Waals surface area (Å²) < 4.78 is 5.22. The van der Waals surface area contributed by atoms with Crippen LogP contribution in [0, 0.1) is 0 Å². The normalized spacial score (nSPS) is 15.3. The molecule has 8 heteroatoms. The maximum absolute atomic E-state index is 12.3. The molecule has 1 saturated carbocycles. The predicted molar refractivity (Wildman–Crippen MR) is 91.9 cm³/mol. The summed E-state index contributed by atoms with van der Waals surface area (Å²) in [5.74, 6) is 0.294. The maximum atomic E-state index is 12.3. The number of aromatic nitrogens is 2. The number of hydrogen-bond acceptors (Lipinski definition) is 5. The van der Waals surface area contributed by atoms with E-state index >= 15 is 0 Å². The standard InChI is InChI=1S/C15H18N4O2.2ClH/c16-10-15(5-1-2-6-15)18-14(20)12-8-13(21-19-12)11-4-3-7-17-9-11;;/h3-4,7-9H,1-2,5-6,10,16H2,(H,18,20);2*1H. The number of rotatable bonds is 4. The molecule has 1 amide bonds. The van der Waals surface area contributed by atoms with Crippen LogP contribution in [0.5, 0.6) is 0 Å². The topological polar surface area (TPSA) is 94.0 Å². The first-order chi connectivity index (χ1) is 10.2. The molecule has 0 aliphatic heterocycles. The lowest BCUT2D eigenvalue weighted by Gasteiger charge is -2.28. The molecule has 1 aliphatic carbocycles. The van der Waals surface area contributed by atoms with Crippen LogP contribution in [0.1, 0.15) is 36.2 Å². The van der Waals surface area contributed by atoms with Crippen molar-refractivity contribution in [1.82, 2.24) is 15.5 Å². The van der Waals surface area contributed by atoms with Crippen LogP contribution in [0.2, 0.25) is 0 Å². The van der Waals surface area contributed by atoms with E-state index in [-0.39, 0.29) is 42.0 Å². The second kappa shape index (κ2) is 8.29. The van der Waals surface area contributed by atoms with Gasteiger partial charge in [-0.3, -0.25) is 9.78 Å². The highest BCUT2D eigenvalue weighted by Crippen LogP contribution is 2.29. The van der Waals surface area contributed by atoms with Crippen LogP contribution in [0.4, 0.5) is 0 Å². The largest absolute Gasteiger partial charge is 0.355 e. The van der Waals surface area contributed by atoms with Crippen molar-refractivity contribution < 1.29 is 9.32 Å². The van der Waals surface area contributed by atoms with Gasteiger partial charge in [-0.1, -0.05) is 18.0 Å². The van der Waals surface area contributed by atoms with Gasteiger partial charge in [0.1, 0.15) is 0 Å².